The number of thiazole rings is 1. The van der Waals surface area contributed by atoms with Gasteiger partial charge in [-0.15, -0.1) is 11.3 Å². The normalized spacial score (nSPS) is 12.2. The maximum atomic E-state index is 12.3. The second-order valence-corrected chi connectivity index (χ2v) is 8.00. The zero-order valence-corrected chi connectivity index (χ0v) is 19.0. The lowest BCUT2D eigenvalue weighted by atomic mass is 10.1. The summed E-state index contributed by atoms with van der Waals surface area (Å²) in [5.74, 6) is 1.47. The number of methoxy groups -OCH3 is 2. The van der Waals surface area contributed by atoms with E-state index in [1.165, 1.54) is 17.4 Å². The van der Waals surface area contributed by atoms with Crippen molar-refractivity contribution in [2.45, 2.75) is 6.04 Å². The van der Waals surface area contributed by atoms with Crippen molar-refractivity contribution in [3.05, 3.63) is 71.2 Å². The third kappa shape index (κ3) is 6.16. The Morgan fingerprint density at radius 2 is 1.68 bits per heavy atom. The lowest BCUT2D eigenvalue weighted by molar-refractivity contribution is -0.116. The smallest absolute Gasteiger partial charge is 0.244 e. The predicted molar refractivity (Wildman–Crippen MR) is 126 cm³/mol. The van der Waals surface area contributed by atoms with Crippen LogP contribution in [0.15, 0.2) is 60.0 Å². The van der Waals surface area contributed by atoms with E-state index in [2.05, 4.69) is 15.2 Å². The molecule has 3 rings (SSSR count). The Kier molecular flexibility index (Phi) is 7.81. The molecule has 1 aromatic heterocycles. The maximum Gasteiger partial charge on any atom is 0.244 e. The average Bonchev–Trinajstić information content (AvgIpc) is 3.27. The number of hydrogen-bond acceptors (Lipinski definition) is 6. The van der Waals surface area contributed by atoms with Crippen molar-refractivity contribution in [1.29, 1.82) is 0 Å². The molecular formula is C24H27N3O3S. The molecule has 0 aliphatic rings. The molecule has 0 saturated heterocycles. The predicted octanol–water partition coefficient (Wildman–Crippen LogP) is 4.26. The molecule has 0 aliphatic carbocycles. The molecule has 1 N–H and O–H groups in total. The molecule has 3 aromatic rings. The Labute approximate surface area is 187 Å². The standard InChI is InChI=1S/C24H27N3O3S/c1-27(2)22(17-5-10-20(29-3)11-6-17)15-25-23(28)14-9-19-16-31-24(26-19)18-7-12-21(30-4)13-8-18/h5-14,16,22H,15H2,1-4H3,(H,25,28). The van der Waals surface area contributed by atoms with Gasteiger partial charge in [0.2, 0.25) is 5.91 Å². The molecule has 7 heteroatoms. The summed E-state index contributed by atoms with van der Waals surface area (Å²) in [4.78, 5) is 19.0. The summed E-state index contributed by atoms with van der Waals surface area (Å²) >= 11 is 1.54. The van der Waals surface area contributed by atoms with E-state index in [0.29, 0.717) is 6.54 Å². The second-order valence-electron chi connectivity index (χ2n) is 7.14. The average molecular weight is 438 g/mol. The van der Waals surface area contributed by atoms with Gasteiger partial charge < -0.3 is 19.7 Å². The number of rotatable bonds is 9. The highest BCUT2D eigenvalue weighted by Crippen LogP contribution is 2.26. The van der Waals surface area contributed by atoms with Gasteiger partial charge in [-0.05, 0) is 62.1 Å². The SMILES string of the molecule is COc1ccc(-c2nc(C=CC(=O)NCC(c3ccc(OC)cc3)N(C)C)cs2)cc1. The van der Waals surface area contributed by atoms with E-state index in [1.807, 2.05) is 68.0 Å². The van der Waals surface area contributed by atoms with E-state index in [0.717, 1.165) is 33.3 Å². The van der Waals surface area contributed by atoms with E-state index < -0.39 is 0 Å². The van der Waals surface area contributed by atoms with Crippen LogP contribution in [0.3, 0.4) is 0 Å². The minimum Gasteiger partial charge on any atom is -0.497 e. The maximum absolute atomic E-state index is 12.3. The summed E-state index contributed by atoms with van der Waals surface area (Å²) in [5.41, 5.74) is 2.88. The minimum atomic E-state index is -0.153. The number of benzene rings is 2. The van der Waals surface area contributed by atoms with Gasteiger partial charge in [-0.25, -0.2) is 4.98 Å². The highest BCUT2D eigenvalue weighted by molar-refractivity contribution is 7.13. The molecule has 0 aliphatic heterocycles. The van der Waals surface area contributed by atoms with Gasteiger partial charge in [0.1, 0.15) is 16.5 Å². The van der Waals surface area contributed by atoms with Gasteiger partial charge in [0.15, 0.2) is 0 Å². The van der Waals surface area contributed by atoms with E-state index in [1.54, 1.807) is 20.3 Å². The van der Waals surface area contributed by atoms with Crippen LogP contribution in [0.5, 0.6) is 11.5 Å². The van der Waals surface area contributed by atoms with E-state index in [4.69, 9.17) is 9.47 Å². The van der Waals surface area contributed by atoms with Crippen LogP contribution in [-0.2, 0) is 4.79 Å². The van der Waals surface area contributed by atoms with Crippen molar-refractivity contribution in [1.82, 2.24) is 15.2 Å². The fraction of sp³-hybridized carbons (Fsp3) is 0.250. The Bertz CT molecular complexity index is 1010. The number of amides is 1. The summed E-state index contributed by atoms with van der Waals surface area (Å²) in [6, 6.07) is 15.7. The van der Waals surface area contributed by atoms with Crippen LogP contribution >= 0.6 is 11.3 Å². The van der Waals surface area contributed by atoms with E-state index >= 15 is 0 Å². The van der Waals surface area contributed by atoms with Crippen LogP contribution in [0.1, 0.15) is 17.3 Å². The summed E-state index contributed by atoms with van der Waals surface area (Å²) in [6.45, 7) is 0.497. The van der Waals surface area contributed by atoms with Crippen molar-refractivity contribution < 1.29 is 14.3 Å². The molecule has 1 unspecified atom stereocenters. The number of carbonyl (C=O) groups is 1. The van der Waals surface area contributed by atoms with Gasteiger partial charge in [0.25, 0.3) is 0 Å². The fourth-order valence-corrected chi connectivity index (χ4v) is 3.86. The van der Waals surface area contributed by atoms with Crippen molar-refractivity contribution in [2.75, 3.05) is 34.9 Å². The van der Waals surface area contributed by atoms with Crippen LogP contribution in [0.2, 0.25) is 0 Å². The first kappa shape index (κ1) is 22.5. The number of nitrogens with zero attached hydrogens (tertiary/aromatic N) is 2. The lowest BCUT2D eigenvalue weighted by Gasteiger charge is -2.25. The fourth-order valence-electron chi connectivity index (χ4n) is 3.07. The second kappa shape index (κ2) is 10.7. The molecular weight excluding hydrogens is 410 g/mol. The van der Waals surface area contributed by atoms with Gasteiger partial charge in [0, 0.05) is 23.6 Å². The lowest BCUT2D eigenvalue weighted by Crippen LogP contribution is -2.33. The van der Waals surface area contributed by atoms with Gasteiger partial charge in [-0.3, -0.25) is 4.79 Å². The molecule has 0 fully saturated rings. The molecule has 6 nitrogen and oxygen atoms in total. The topological polar surface area (TPSA) is 63.7 Å². The molecule has 1 atom stereocenters. The Hall–Kier alpha value is -3.16. The molecule has 0 saturated carbocycles. The van der Waals surface area contributed by atoms with E-state index in [-0.39, 0.29) is 11.9 Å². The van der Waals surface area contributed by atoms with Gasteiger partial charge in [-0.2, -0.15) is 0 Å². The molecule has 31 heavy (non-hydrogen) atoms. The number of aromatic nitrogens is 1. The molecule has 2 aromatic carbocycles. The summed E-state index contributed by atoms with van der Waals surface area (Å²) in [7, 11) is 7.27. The first-order chi connectivity index (χ1) is 15.0. The van der Waals surface area contributed by atoms with Crippen molar-refractivity contribution in [2.24, 2.45) is 0 Å². The third-order valence-electron chi connectivity index (χ3n) is 4.86. The van der Waals surface area contributed by atoms with Crippen LogP contribution in [0.25, 0.3) is 16.6 Å². The summed E-state index contributed by atoms with van der Waals surface area (Å²) in [5, 5.41) is 5.81. The first-order valence-electron chi connectivity index (χ1n) is 9.86. The van der Waals surface area contributed by atoms with Crippen molar-refractivity contribution >= 4 is 23.3 Å². The monoisotopic (exact) mass is 437 g/mol. The number of carbonyl (C=O) groups excluding carboxylic acids is 1. The van der Waals surface area contributed by atoms with Crippen molar-refractivity contribution in [3.8, 4) is 22.1 Å². The van der Waals surface area contributed by atoms with E-state index in [9.17, 15) is 4.79 Å². The molecule has 0 radical (unpaired) electrons. The zero-order valence-electron chi connectivity index (χ0n) is 18.2. The first-order valence-corrected chi connectivity index (χ1v) is 10.7. The minimum absolute atomic E-state index is 0.0594. The van der Waals surface area contributed by atoms with Crippen LogP contribution < -0.4 is 14.8 Å². The number of nitrogens with one attached hydrogen (secondary N) is 1. The van der Waals surface area contributed by atoms with Gasteiger partial charge in [-0.1, -0.05) is 12.1 Å². The van der Waals surface area contributed by atoms with Crippen LogP contribution in [-0.4, -0.2) is 50.7 Å². The molecule has 1 amide bonds. The van der Waals surface area contributed by atoms with Gasteiger partial charge in [0.05, 0.1) is 26.0 Å². The zero-order chi connectivity index (χ0) is 22.2. The summed E-state index contributed by atoms with van der Waals surface area (Å²) < 4.78 is 10.4. The number of likely N-dealkylation sites (N-methyl/N-ethyl adjacent to an activating group) is 1. The molecule has 1 heterocycles. The number of ether oxygens (including phenoxy) is 2. The Morgan fingerprint density at radius 1 is 1.06 bits per heavy atom. The Morgan fingerprint density at radius 3 is 2.26 bits per heavy atom. The molecule has 0 bridgehead atoms. The Balaban J connectivity index is 1.58. The highest BCUT2D eigenvalue weighted by atomic mass is 32.1. The highest BCUT2D eigenvalue weighted by Gasteiger charge is 2.15. The quantitative estimate of drug-likeness (QED) is 0.507. The van der Waals surface area contributed by atoms with Crippen LogP contribution in [0.4, 0.5) is 0 Å². The van der Waals surface area contributed by atoms with Gasteiger partial charge >= 0.3 is 0 Å². The third-order valence-corrected chi connectivity index (χ3v) is 5.77. The summed E-state index contributed by atoms with van der Waals surface area (Å²) in [6.07, 6.45) is 3.25. The largest absolute Gasteiger partial charge is 0.497 e. The number of hydrogen-bond donors (Lipinski definition) is 1. The van der Waals surface area contributed by atoms with Crippen molar-refractivity contribution in [3.63, 3.8) is 0 Å². The molecule has 0 spiro atoms. The van der Waals surface area contributed by atoms with Crippen LogP contribution in [0, 0.1) is 0 Å². The molecule has 162 valence electrons.